The summed E-state index contributed by atoms with van der Waals surface area (Å²) < 4.78 is 5.74. The van der Waals surface area contributed by atoms with Gasteiger partial charge in [-0.05, 0) is 48.6 Å². The highest BCUT2D eigenvalue weighted by Crippen LogP contribution is 2.34. The maximum absolute atomic E-state index is 11.8. The van der Waals surface area contributed by atoms with Crippen molar-refractivity contribution in [1.29, 1.82) is 0 Å². The number of rotatable bonds is 2. The van der Waals surface area contributed by atoms with Gasteiger partial charge in [0, 0.05) is 5.56 Å². The molecule has 1 aliphatic carbocycles. The van der Waals surface area contributed by atoms with Crippen LogP contribution in [-0.4, -0.2) is 11.9 Å². The van der Waals surface area contributed by atoms with Crippen molar-refractivity contribution in [2.75, 3.05) is 0 Å². The fraction of sp³-hybridized carbons (Fsp3) is 0.263. The van der Waals surface area contributed by atoms with E-state index in [9.17, 15) is 4.79 Å². The monoisotopic (exact) mass is 320 g/mol. The second-order valence-electron chi connectivity index (χ2n) is 6.09. The van der Waals surface area contributed by atoms with E-state index in [1.54, 1.807) is 12.1 Å². The number of benzene rings is 2. The van der Waals surface area contributed by atoms with Crippen LogP contribution in [0.5, 0.6) is 0 Å². The van der Waals surface area contributed by atoms with Gasteiger partial charge in [-0.15, -0.1) is 0 Å². The molecule has 0 spiro atoms. The lowest BCUT2D eigenvalue weighted by Crippen LogP contribution is -2.37. The van der Waals surface area contributed by atoms with Gasteiger partial charge >= 0.3 is 0 Å². The van der Waals surface area contributed by atoms with Crippen LogP contribution in [0, 0.1) is 6.07 Å². The Morgan fingerprint density at radius 3 is 3.04 bits per heavy atom. The first-order valence-corrected chi connectivity index (χ1v) is 8.11. The number of hydrogen-bond donors (Lipinski definition) is 2. The van der Waals surface area contributed by atoms with Crippen molar-refractivity contribution in [3.63, 3.8) is 0 Å². The highest BCUT2D eigenvalue weighted by atomic mass is 16.5. The van der Waals surface area contributed by atoms with E-state index < -0.39 is 12.0 Å². The number of aryl methyl sites for hydroxylation is 1. The average molecular weight is 320 g/mol. The highest BCUT2D eigenvalue weighted by Gasteiger charge is 2.30. The molecule has 0 saturated heterocycles. The molecule has 0 aromatic heterocycles. The number of primary amides is 1. The summed E-state index contributed by atoms with van der Waals surface area (Å²) in [5.74, 6) is -0.533. The van der Waals surface area contributed by atoms with Gasteiger partial charge in [-0.1, -0.05) is 30.3 Å². The number of carbonyl (C=O) groups is 1. The van der Waals surface area contributed by atoms with E-state index in [0.717, 1.165) is 19.3 Å². The summed E-state index contributed by atoms with van der Waals surface area (Å²) in [7, 11) is 0. The van der Waals surface area contributed by atoms with Gasteiger partial charge in [0.1, 0.15) is 0 Å². The Morgan fingerprint density at radius 1 is 1.29 bits per heavy atom. The average Bonchev–Trinajstić information content (AvgIpc) is 2.61. The molecule has 2 atom stereocenters. The molecule has 1 radical (unpaired) electrons. The summed E-state index contributed by atoms with van der Waals surface area (Å²) in [4.78, 5) is 16.3. The molecule has 1 unspecified atom stereocenters. The van der Waals surface area contributed by atoms with Crippen LogP contribution >= 0.6 is 0 Å². The topological polar surface area (TPSA) is 76.7 Å². The zero-order valence-electron chi connectivity index (χ0n) is 13.2. The van der Waals surface area contributed by atoms with Crippen molar-refractivity contribution in [2.24, 2.45) is 10.7 Å². The number of nitrogens with zero attached hydrogens (tertiary/aromatic N) is 1. The van der Waals surface area contributed by atoms with Gasteiger partial charge < -0.3 is 15.8 Å². The van der Waals surface area contributed by atoms with E-state index in [2.05, 4.69) is 34.6 Å². The van der Waals surface area contributed by atoms with Crippen LogP contribution in [0.25, 0.3) is 0 Å². The van der Waals surface area contributed by atoms with Crippen LogP contribution in [0.15, 0.2) is 47.5 Å². The van der Waals surface area contributed by atoms with E-state index in [0.29, 0.717) is 17.3 Å². The number of hydrogen-bond acceptors (Lipinski definition) is 4. The Kier molecular flexibility index (Phi) is 3.69. The van der Waals surface area contributed by atoms with Crippen LogP contribution < -0.4 is 11.1 Å². The smallest absolute Gasteiger partial charge is 0.291 e. The van der Waals surface area contributed by atoms with Gasteiger partial charge in [-0.2, -0.15) is 4.99 Å². The second-order valence-corrected chi connectivity index (χ2v) is 6.09. The molecule has 0 fully saturated rings. The van der Waals surface area contributed by atoms with Crippen molar-refractivity contribution in [3.05, 3.63) is 65.2 Å². The first-order valence-electron chi connectivity index (χ1n) is 8.11. The van der Waals surface area contributed by atoms with Crippen molar-refractivity contribution in [3.8, 4) is 0 Å². The van der Waals surface area contributed by atoms with Gasteiger partial charge in [-0.25, -0.2) is 0 Å². The Morgan fingerprint density at radius 2 is 2.17 bits per heavy atom. The molecule has 3 N–H and O–H groups in total. The first kappa shape index (κ1) is 14.8. The molecule has 1 heterocycles. The molecule has 121 valence electrons. The first-order chi connectivity index (χ1) is 11.7. The van der Waals surface area contributed by atoms with Crippen molar-refractivity contribution in [2.45, 2.75) is 31.4 Å². The number of fused-ring (bicyclic) bond motifs is 2. The van der Waals surface area contributed by atoms with Gasteiger partial charge in [0.15, 0.2) is 0 Å². The van der Waals surface area contributed by atoms with Gasteiger partial charge in [0.05, 0.1) is 11.7 Å². The number of amidine groups is 1. The molecule has 2 aromatic carbocycles. The van der Waals surface area contributed by atoms with E-state index in [-0.39, 0.29) is 6.04 Å². The number of amides is 1. The molecule has 5 heteroatoms. The third-order valence-electron chi connectivity index (χ3n) is 4.53. The Hall–Kier alpha value is -2.82. The maximum Gasteiger partial charge on any atom is 0.291 e. The molecule has 0 bridgehead atoms. The lowest BCUT2D eigenvalue weighted by Gasteiger charge is -2.30. The van der Waals surface area contributed by atoms with E-state index >= 15 is 0 Å². The molecule has 2 aromatic rings. The lowest BCUT2D eigenvalue weighted by atomic mass is 9.88. The van der Waals surface area contributed by atoms with E-state index in [1.165, 1.54) is 11.1 Å². The Bertz CT molecular complexity index is 816. The molecule has 0 saturated carbocycles. The quantitative estimate of drug-likeness (QED) is 0.893. The molecule has 4 rings (SSSR count). The van der Waals surface area contributed by atoms with Crippen LogP contribution in [0.1, 0.15) is 41.7 Å². The van der Waals surface area contributed by atoms with Crippen LogP contribution in [0.3, 0.4) is 0 Å². The predicted octanol–water partition coefficient (Wildman–Crippen LogP) is 2.70. The summed E-state index contributed by atoms with van der Waals surface area (Å²) in [6.45, 7) is 0. The summed E-state index contributed by atoms with van der Waals surface area (Å²) in [5.41, 5.74) is 9.44. The van der Waals surface area contributed by atoms with Crippen LogP contribution in [-0.2, 0) is 16.0 Å². The second kappa shape index (κ2) is 6.00. The van der Waals surface area contributed by atoms with Gasteiger partial charge in [0.2, 0.25) is 6.10 Å². The zero-order chi connectivity index (χ0) is 16.5. The summed E-state index contributed by atoms with van der Waals surface area (Å²) in [6, 6.07) is 17.1. The third kappa shape index (κ3) is 2.62. The molecule has 2 aliphatic rings. The SMILES string of the molecule is NC(=O)C1OC(N[C@@H]2CCCc3ccccc32)=Nc2cc[c]cc21. The third-order valence-corrected chi connectivity index (χ3v) is 4.53. The minimum Gasteiger partial charge on any atom is -0.447 e. The predicted molar refractivity (Wildman–Crippen MR) is 90.7 cm³/mol. The van der Waals surface area contributed by atoms with Gasteiger partial charge in [-0.3, -0.25) is 4.79 Å². The number of aliphatic imine (C=N–C) groups is 1. The number of carbonyl (C=O) groups excluding carboxylic acids is 1. The minimum absolute atomic E-state index is 0.124. The lowest BCUT2D eigenvalue weighted by molar-refractivity contribution is -0.125. The molecule has 1 amide bonds. The zero-order valence-corrected chi connectivity index (χ0v) is 13.2. The molecular formula is C19H18N3O2. The number of nitrogens with two attached hydrogens (primary N) is 1. The van der Waals surface area contributed by atoms with Crippen LogP contribution in [0.4, 0.5) is 5.69 Å². The summed E-state index contributed by atoms with van der Waals surface area (Å²) in [6.07, 6.45) is 2.35. The van der Waals surface area contributed by atoms with Gasteiger partial charge in [0.25, 0.3) is 11.9 Å². The molecular weight excluding hydrogens is 302 g/mol. The number of ether oxygens (including phenoxy) is 1. The maximum atomic E-state index is 11.8. The van der Waals surface area contributed by atoms with E-state index in [1.807, 2.05) is 12.1 Å². The highest BCUT2D eigenvalue weighted by molar-refractivity contribution is 5.89. The molecule has 24 heavy (non-hydrogen) atoms. The molecule has 5 nitrogen and oxygen atoms in total. The van der Waals surface area contributed by atoms with Crippen molar-refractivity contribution >= 4 is 17.6 Å². The van der Waals surface area contributed by atoms with Crippen LogP contribution in [0.2, 0.25) is 0 Å². The van der Waals surface area contributed by atoms with E-state index in [4.69, 9.17) is 10.5 Å². The standard InChI is InChI=1S/C19H18N3O2/c20-18(23)17-14-9-3-4-10-16(14)22-19(24-17)21-15-11-5-7-12-6-1-2-8-13(12)15/h1-2,4,6,8-10,15,17H,5,7,11H2,(H2,20,23)(H,21,22)/t15-,17?/m1/s1. The van der Waals surface area contributed by atoms with Crippen molar-refractivity contribution < 1.29 is 9.53 Å². The minimum atomic E-state index is -0.837. The largest absolute Gasteiger partial charge is 0.447 e. The fourth-order valence-corrected chi connectivity index (χ4v) is 3.39. The summed E-state index contributed by atoms with van der Waals surface area (Å²) in [5, 5.41) is 3.35. The van der Waals surface area contributed by atoms with Crippen molar-refractivity contribution in [1.82, 2.24) is 5.32 Å². The number of nitrogens with one attached hydrogen (secondary N) is 1. The normalized spacial score (nSPS) is 21.8. The summed E-state index contributed by atoms with van der Waals surface area (Å²) >= 11 is 0. The molecule has 1 aliphatic heterocycles. The fourth-order valence-electron chi connectivity index (χ4n) is 3.39. The Labute approximate surface area is 140 Å². The Balaban J connectivity index is 1.64.